The van der Waals surface area contributed by atoms with Crippen LogP contribution in [0.15, 0.2) is 48.3 Å². The third kappa shape index (κ3) is 6.38. The van der Waals surface area contributed by atoms with Gasteiger partial charge >= 0.3 is 0 Å². The van der Waals surface area contributed by atoms with Crippen LogP contribution in [0.25, 0.3) is 0 Å². The fraction of sp³-hybridized carbons (Fsp3) is 0.200. The van der Waals surface area contributed by atoms with Crippen molar-refractivity contribution in [2.45, 2.75) is 0 Å². The van der Waals surface area contributed by atoms with Crippen molar-refractivity contribution in [2.75, 3.05) is 11.5 Å². The van der Waals surface area contributed by atoms with Gasteiger partial charge in [-0.15, -0.1) is 36.7 Å². The zero-order chi connectivity index (χ0) is 9.23. The van der Waals surface area contributed by atoms with Crippen molar-refractivity contribution in [1.82, 2.24) is 0 Å². The molecular weight excluding hydrogens is 184 g/mol. The molecule has 0 saturated carbocycles. The molecule has 66 valence electrons. The summed E-state index contributed by atoms with van der Waals surface area (Å²) in [7, 11) is 0. The lowest BCUT2D eigenvalue weighted by Crippen LogP contribution is -1.74. The lowest BCUT2D eigenvalue weighted by atomic mass is 10.6. The van der Waals surface area contributed by atoms with E-state index in [1.807, 2.05) is 24.3 Å². The summed E-state index contributed by atoms with van der Waals surface area (Å²) < 4.78 is 1.27. The second-order valence-electron chi connectivity index (χ2n) is 1.92. The Bertz CT molecular complexity index is 166. The van der Waals surface area contributed by atoms with Crippen LogP contribution in [0.5, 0.6) is 0 Å². The van der Waals surface area contributed by atoms with Crippen molar-refractivity contribution >= 4 is 23.5 Å². The van der Waals surface area contributed by atoms with Crippen molar-refractivity contribution in [3.63, 3.8) is 0 Å². The quantitative estimate of drug-likeness (QED) is 0.450. The first kappa shape index (κ1) is 11.7. The summed E-state index contributed by atoms with van der Waals surface area (Å²) in [4.78, 5) is 0. The van der Waals surface area contributed by atoms with E-state index in [1.165, 1.54) is 4.24 Å². The van der Waals surface area contributed by atoms with Crippen LogP contribution in [-0.4, -0.2) is 11.5 Å². The molecule has 0 aliphatic rings. The summed E-state index contributed by atoms with van der Waals surface area (Å²) >= 11 is 3.55. The predicted molar refractivity (Wildman–Crippen MR) is 63.6 cm³/mol. The van der Waals surface area contributed by atoms with E-state index in [2.05, 4.69) is 19.7 Å². The Balaban J connectivity index is 3.85. The molecule has 0 heterocycles. The van der Waals surface area contributed by atoms with Crippen LogP contribution >= 0.6 is 23.5 Å². The average Bonchev–Trinajstić information content (AvgIpc) is 2.10. The van der Waals surface area contributed by atoms with Gasteiger partial charge in [-0.1, -0.05) is 24.8 Å². The fourth-order valence-corrected chi connectivity index (χ4v) is 2.21. The monoisotopic (exact) mass is 198 g/mol. The maximum atomic E-state index is 3.67. The van der Waals surface area contributed by atoms with E-state index in [9.17, 15) is 0 Å². The minimum Gasteiger partial charge on any atom is -0.115 e. The molecule has 0 saturated heterocycles. The summed E-state index contributed by atoms with van der Waals surface area (Å²) in [5, 5.41) is 0. The van der Waals surface area contributed by atoms with E-state index in [4.69, 9.17) is 0 Å². The number of rotatable bonds is 7. The highest BCUT2D eigenvalue weighted by atomic mass is 32.2. The molecule has 0 nitrogen and oxygen atoms in total. The van der Waals surface area contributed by atoms with Crippen LogP contribution in [0, 0.1) is 0 Å². The van der Waals surface area contributed by atoms with Crippen molar-refractivity contribution in [3.8, 4) is 0 Å². The smallest absolute Gasteiger partial charge is 0.0406 e. The zero-order valence-electron chi connectivity index (χ0n) is 7.16. The molecule has 0 amide bonds. The molecule has 0 bridgehead atoms. The van der Waals surface area contributed by atoms with Gasteiger partial charge in [0.25, 0.3) is 0 Å². The molecule has 0 aliphatic carbocycles. The fourth-order valence-electron chi connectivity index (χ4n) is 0.516. The van der Waals surface area contributed by atoms with Gasteiger partial charge < -0.3 is 0 Å². The Morgan fingerprint density at radius 3 is 1.83 bits per heavy atom. The Hall–Kier alpha value is -0.340. The van der Waals surface area contributed by atoms with E-state index in [0.717, 1.165) is 11.5 Å². The van der Waals surface area contributed by atoms with Gasteiger partial charge in [-0.05, 0) is 6.08 Å². The van der Waals surface area contributed by atoms with Gasteiger partial charge in [-0.2, -0.15) is 0 Å². The number of hydrogen-bond donors (Lipinski definition) is 0. The van der Waals surface area contributed by atoms with Gasteiger partial charge in [0.2, 0.25) is 0 Å². The van der Waals surface area contributed by atoms with Gasteiger partial charge in [-0.3, -0.25) is 0 Å². The summed E-state index contributed by atoms with van der Waals surface area (Å²) in [5.41, 5.74) is 0. The largest absolute Gasteiger partial charge is 0.115 e. The molecule has 0 N–H and O–H groups in total. The van der Waals surface area contributed by atoms with E-state index >= 15 is 0 Å². The molecule has 0 unspecified atom stereocenters. The molecular formula is C10H14S2. The molecule has 0 radical (unpaired) electrons. The molecule has 0 atom stereocenters. The average molecular weight is 198 g/mol. The molecule has 12 heavy (non-hydrogen) atoms. The predicted octanol–water partition coefficient (Wildman–Crippen LogP) is 3.85. The number of allylic oxidation sites excluding steroid dienone is 2. The van der Waals surface area contributed by atoms with Crippen LogP contribution in [0.1, 0.15) is 0 Å². The van der Waals surface area contributed by atoms with Crippen molar-refractivity contribution in [2.24, 2.45) is 0 Å². The SMILES string of the molecule is C=CC=C(SCC=C)SCC=C. The Kier molecular flexibility index (Phi) is 8.51. The van der Waals surface area contributed by atoms with Crippen LogP contribution in [0.2, 0.25) is 0 Å². The number of thioether (sulfide) groups is 2. The standard InChI is InChI=1S/C10H14S2/c1-4-7-10(11-8-5-2)12-9-6-3/h4-7H,1-3,8-9H2. The van der Waals surface area contributed by atoms with Crippen molar-refractivity contribution < 1.29 is 0 Å². The van der Waals surface area contributed by atoms with Gasteiger partial charge in [0.05, 0.1) is 0 Å². The molecule has 0 aromatic heterocycles. The van der Waals surface area contributed by atoms with Crippen LogP contribution in [0.3, 0.4) is 0 Å². The highest BCUT2D eigenvalue weighted by Crippen LogP contribution is 2.28. The minimum absolute atomic E-state index is 0.948. The maximum absolute atomic E-state index is 3.67. The number of hydrogen-bond acceptors (Lipinski definition) is 2. The van der Waals surface area contributed by atoms with Crippen molar-refractivity contribution in [1.29, 1.82) is 0 Å². The van der Waals surface area contributed by atoms with Gasteiger partial charge in [0.1, 0.15) is 0 Å². The molecule has 2 heteroatoms. The minimum atomic E-state index is 0.948. The summed E-state index contributed by atoms with van der Waals surface area (Å²) in [6, 6.07) is 0. The zero-order valence-corrected chi connectivity index (χ0v) is 8.79. The summed E-state index contributed by atoms with van der Waals surface area (Å²) in [6.45, 7) is 11.0. The van der Waals surface area contributed by atoms with Gasteiger partial charge in [0, 0.05) is 15.7 Å². The third-order valence-corrected chi connectivity index (χ3v) is 3.29. The molecule has 0 aliphatic heterocycles. The highest BCUT2D eigenvalue weighted by Gasteiger charge is 1.94. The van der Waals surface area contributed by atoms with Crippen LogP contribution < -0.4 is 0 Å². The molecule has 0 fully saturated rings. The first-order valence-corrected chi connectivity index (χ1v) is 5.62. The molecule has 0 spiro atoms. The highest BCUT2D eigenvalue weighted by molar-refractivity contribution is 8.22. The second kappa shape index (κ2) is 8.75. The topological polar surface area (TPSA) is 0 Å². The van der Waals surface area contributed by atoms with E-state index < -0.39 is 0 Å². The Labute approximate surface area is 83.5 Å². The van der Waals surface area contributed by atoms with E-state index in [-0.39, 0.29) is 0 Å². The molecule has 0 rings (SSSR count). The van der Waals surface area contributed by atoms with Crippen molar-refractivity contribution in [3.05, 3.63) is 48.3 Å². The van der Waals surface area contributed by atoms with E-state index in [1.54, 1.807) is 23.5 Å². The van der Waals surface area contributed by atoms with Gasteiger partial charge in [0.15, 0.2) is 0 Å². The second-order valence-corrected chi connectivity index (χ2v) is 4.30. The summed E-state index contributed by atoms with van der Waals surface area (Å²) in [5.74, 6) is 1.90. The first-order valence-electron chi connectivity index (χ1n) is 3.65. The molecule has 0 aromatic carbocycles. The van der Waals surface area contributed by atoms with Crippen LogP contribution in [-0.2, 0) is 0 Å². The lowest BCUT2D eigenvalue weighted by Gasteiger charge is -2.01. The summed E-state index contributed by atoms with van der Waals surface area (Å²) in [6.07, 6.45) is 7.62. The Morgan fingerprint density at radius 1 is 1.00 bits per heavy atom. The molecule has 0 aromatic rings. The lowest BCUT2D eigenvalue weighted by molar-refractivity contribution is 1.81. The third-order valence-electron chi connectivity index (χ3n) is 0.941. The van der Waals surface area contributed by atoms with E-state index in [0.29, 0.717) is 0 Å². The van der Waals surface area contributed by atoms with Crippen LogP contribution in [0.4, 0.5) is 0 Å². The first-order chi connectivity index (χ1) is 5.85. The Morgan fingerprint density at radius 2 is 1.50 bits per heavy atom. The normalized spacial score (nSPS) is 8.67. The maximum Gasteiger partial charge on any atom is 0.0406 e. The van der Waals surface area contributed by atoms with Gasteiger partial charge in [-0.25, -0.2) is 0 Å².